The van der Waals surface area contributed by atoms with Crippen molar-refractivity contribution in [2.45, 2.75) is 24.7 Å². The summed E-state index contributed by atoms with van der Waals surface area (Å²) < 4.78 is 0. The van der Waals surface area contributed by atoms with E-state index >= 15 is 0 Å². The van der Waals surface area contributed by atoms with E-state index in [-0.39, 0.29) is 11.8 Å². The lowest BCUT2D eigenvalue weighted by Crippen LogP contribution is -2.24. The lowest BCUT2D eigenvalue weighted by Gasteiger charge is -2.24. The minimum absolute atomic E-state index is 0.0446. The van der Waals surface area contributed by atoms with Crippen LogP contribution in [-0.2, 0) is 17.6 Å². The van der Waals surface area contributed by atoms with Crippen molar-refractivity contribution in [2.24, 2.45) is 0 Å². The molecule has 0 radical (unpaired) electrons. The molecule has 5 heteroatoms. The largest absolute Gasteiger partial charge is 0.322 e. The van der Waals surface area contributed by atoms with Crippen LogP contribution in [0.1, 0.15) is 28.4 Å². The highest BCUT2D eigenvalue weighted by atomic mass is 32.2. The van der Waals surface area contributed by atoms with Gasteiger partial charge in [-0.25, -0.2) is 0 Å². The molecule has 146 valence electrons. The second-order valence-electron chi connectivity index (χ2n) is 6.98. The average Bonchev–Trinajstić information content (AvgIpc) is 2.90. The highest BCUT2D eigenvalue weighted by molar-refractivity contribution is 7.98. The molecule has 4 nitrogen and oxygen atoms in total. The SMILES string of the molecule is CSc1ccccc1C(=O)Nc1ccc2c(c1)N(C(C)=O)c1ccccc1CC2. The number of hydrogen-bond donors (Lipinski definition) is 1. The molecule has 0 spiro atoms. The number of carbonyl (C=O) groups excluding carboxylic acids is 2. The minimum Gasteiger partial charge on any atom is -0.322 e. The Labute approximate surface area is 174 Å². The van der Waals surface area contributed by atoms with Crippen LogP contribution in [0.3, 0.4) is 0 Å². The minimum atomic E-state index is -0.154. The van der Waals surface area contributed by atoms with E-state index in [1.54, 1.807) is 23.6 Å². The molecule has 3 aromatic carbocycles. The van der Waals surface area contributed by atoms with Crippen molar-refractivity contribution < 1.29 is 9.59 Å². The molecule has 29 heavy (non-hydrogen) atoms. The van der Waals surface area contributed by atoms with Gasteiger partial charge >= 0.3 is 0 Å². The zero-order valence-corrected chi connectivity index (χ0v) is 17.3. The molecule has 1 aliphatic rings. The number of benzene rings is 3. The summed E-state index contributed by atoms with van der Waals surface area (Å²) >= 11 is 1.54. The highest BCUT2D eigenvalue weighted by Gasteiger charge is 2.24. The van der Waals surface area contributed by atoms with Gasteiger partial charge in [-0.1, -0.05) is 36.4 Å². The van der Waals surface area contributed by atoms with Gasteiger partial charge in [-0.2, -0.15) is 0 Å². The Morgan fingerprint density at radius 3 is 2.34 bits per heavy atom. The second-order valence-corrected chi connectivity index (χ2v) is 7.83. The van der Waals surface area contributed by atoms with Gasteiger partial charge in [0.25, 0.3) is 5.91 Å². The summed E-state index contributed by atoms with van der Waals surface area (Å²) in [5.74, 6) is -0.199. The number of thioether (sulfide) groups is 1. The molecule has 0 aromatic heterocycles. The van der Waals surface area contributed by atoms with Crippen LogP contribution >= 0.6 is 11.8 Å². The Balaban J connectivity index is 1.71. The summed E-state index contributed by atoms with van der Waals surface area (Å²) in [7, 11) is 0. The van der Waals surface area contributed by atoms with Gasteiger partial charge < -0.3 is 5.32 Å². The Hall–Kier alpha value is -3.05. The first-order chi connectivity index (χ1) is 14.1. The molecule has 4 rings (SSSR count). The summed E-state index contributed by atoms with van der Waals surface area (Å²) in [6.45, 7) is 1.58. The zero-order valence-electron chi connectivity index (χ0n) is 16.4. The van der Waals surface area contributed by atoms with Crippen LogP contribution in [0.5, 0.6) is 0 Å². The average molecular weight is 403 g/mol. The Morgan fingerprint density at radius 1 is 0.897 bits per heavy atom. The van der Waals surface area contributed by atoms with Crippen molar-refractivity contribution in [3.63, 3.8) is 0 Å². The van der Waals surface area contributed by atoms with Gasteiger partial charge in [0.1, 0.15) is 0 Å². The molecule has 0 saturated heterocycles. The van der Waals surface area contributed by atoms with Crippen LogP contribution in [0.2, 0.25) is 0 Å². The van der Waals surface area contributed by atoms with Crippen LogP contribution in [0.4, 0.5) is 17.1 Å². The standard InChI is InChI=1S/C24H22N2O2S/c1-16(27)26-21-9-5-3-7-17(21)11-12-18-13-14-19(15-22(18)26)25-24(28)20-8-4-6-10-23(20)29-2/h3-10,13-15H,11-12H2,1-2H3,(H,25,28). The van der Waals surface area contributed by atoms with E-state index in [1.807, 2.05) is 66.9 Å². The Kier molecular flexibility index (Phi) is 5.41. The van der Waals surface area contributed by atoms with E-state index < -0.39 is 0 Å². The van der Waals surface area contributed by atoms with Gasteiger partial charge in [0.15, 0.2) is 0 Å². The monoisotopic (exact) mass is 402 g/mol. The number of fused-ring (bicyclic) bond motifs is 2. The summed E-state index contributed by atoms with van der Waals surface area (Å²) in [6.07, 6.45) is 3.68. The first-order valence-corrected chi connectivity index (χ1v) is 10.8. The molecule has 0 bridgehead atoms. The van der Waals surface area contributed by atoms with Crippen molar-refractivity contribution in [3.8, 4) is 0 Å². The maximum Gasteiger partial charge on any atom is 0.256 e. The van der Waals surface area contributed by atoms with Crippen LogP contribution in [0.15, 0.2) is 71.6 Å². The summed E-state index contributed by atoms with van der Waals surface area (Å²) in [5.41, 5.74) is 5.31. The fourth-order valence-corrected chi connectivity index (χ4v) is 4.37. The molecule has 0 atom stereocenters. The van der Waals surface area contributed by atoms with E-state index in [4.69, 9.17) is 0 Å². The summed E-state index contributed by atoms with van der Waals surface area (Å²) in [5, 5.41) is 3.00. The van der Waals surface area contributed by atoms with E-state index in [1.165, 1.54) is 0 Å². The summed E-state index contributed by atoms with van der Waals surface area (Å²) in [6, 6.07) is 21.4. The number of carbonyl (C=O) groups is 2. The van der Waals surface area contributed by atoms with Crippen molar-refractivity contribution in [2.75, 3.05) is 16.5 Å². The van der Waals surface area contributed by atoms with E-state index in [0.29, 0.717) is 11.3 Å². The third kappa shape index (κ3) is 3.78. The van der Waals surface area contributed by atoms with E-state index in [0.717, 1.165) is 40.2 Å². The first kappa shape index (κ1) is 19.3. The lowest BCUT2D eigenvalue weighted by molar-refractivity contribution is -0.115. The number of para-hydroxylation sites is 1. The molecule has 0 saturated carbocycles. The normalized spacial score (nSPS) is 12.6. The molecule has 1 aliphatic heterocycles. The number of nitrogens with one attached hydrogen (secondary N) is 1. The maximum absolute atomic E-state index is 12.8. The Morgan fingerprint density at radius 2 is 1.59 bits per heavy atom. The van der Waals surface area contributed by atoms with E-state index in [2.05, 4.69) is 11.4 Å². The highest BCUT2D eigenvalue weighted by Crippen LogP contribution is 2.37. The van der Waals surface area contributed by atoms with Crippen LogP contribution in [0, 0.1) is 0 Å². The molecule has 1 N–H and O–H groups in total. The lowest BCUT2D eigenvalue weighted by atomic mass is 10.0. The number of anilines is 3. The van der Waals surface area contributed by atoms with Gasteiger partial charge in [0.05, 0.1) is 16.9 Å². The molecule has 3 aromatic rings. The zero-order chi connectivity index (χ0) is 20.4. The number of hydrogen-bond acceptors (Lipinski definition) is 3. The van der Waals surface area contributed by atoms with Crippen LogP contribution < -0.4 is 10.2 Å². The van der Waals surface area contributed by atoms with Crippen molar-refractivity contribution in [1.82, 2.24) is 0 Å². The van der Waals surface area contributed by atoms with Gasteiger partial charge in [-0.3, -0.25) is 14.5 Å². The molecule has 1 heterocycles. The number of rotatable bonds is 3. The van der Waals surface area contributed by atoms with Crippen molar-refractivity contribution >= 4 is 40.6 Å². The van der Waals surface area contributed by atoms with Crippen LogP contribution in [-0.4, -0.2) is 18.1 Å². The number of nitrogens with zero attached hydrogens (tertiary/aromatic N) is 1. The third-order valence-electron chi connectivity index (χ3n) is 5.15. The molecular weight excluding hydrogens is 380 g/mol. The third-order valence-corrected chi connectivity index (χ3v) is 5.94. The van der Waals surface area contributed by atoms with Crippen molar-refractivity contribution in [1.29, 1.82) is 0 Å². The maximum atomic E-state index is 12.8. The predicted molar refractivity (Wildman–Crippen MR) is 119 cm³/mol. The fourth-order valence-electron chi connectivity index (χ4n) is 3.77. The quantitative estimate of drug-likeness (QED) is 0.593. The van der Waals surface area contributed by atoms with Gasteiger partial charge in [-0.05, 0) is 60.6 Å². The number of aryl methyl sites for hydroxylation is 2. The fraction of sp³-hybridized carbons (Fsp3) is 0.167. The predicted octanol–water partition coefficient (Wildman–Crippen LogP) is 5.44. The van der Waals surface area contributed by atoms with E-state index in [9.17, 15) is 9.59 Å². The number of amides is 2. The molecule has 2 amide bonds. The topological polar surface area (TPSA) is 49.4 Å². The smallest absolute Gasteiger partial charge is 0.256 e. The van der Waals surface area contributed by atoms with Gasteiger partial charge in [-0.15, -0.1) is 11.8 Å². The van der Waals surface area contributed by atoms with Gasteiger partial charge in [0, 0.05) is 17.5 Å². The van der Waals surface area contributed by atoms with Crippen molar-refractivity contribution in [3.05, 3.63) is 83.4 Å². The molecule has 0 aliphatic carbocycles. The first-order valence-electron chi connectivity index (χ1n) is 9.54. The second kappa shape index (κ2) is 8.13. The van der Waals surface area contributed by atoms with Crippen LogP contribution in [0.25, 0.3) is 0 Å². The van der Waals surface area contributed by atoms with Gasteiger partial charge in [0.2, 0.25) is 5.91 Å². The molecule has 0 unspecified atom stereocenters. The Bertz CT molecular complexity index is 1090. The summed E-state index contributed by atoms with van der Waals surface area (Å²) in [4.78, 5) is 28.1. The molecule has 0 fully saturated rings. The molecular formula is C24H22N2O2S.